The number of nitriles is 1. The van der Waals surface area contributed by atoms with E-state index in [-0.39, 0.29) is 0 Å². The van der Waals surface area contributed by atoms with Gasteiger partial charge in [0.05, 0.1) is 12.2 Å². The Hall–Kier alpha value is -1.27. The van der Waals surface area contributed by atoms with Crippen molar-refractivity contribution in [2.75, 3.05) is 6.61 Å². The minimum absolute atomic E-state index is 0.318. The first-order valence-corrected chi connectivity index (χ1v) is 5.86. The van der Waals surface area contributed by atoms with Crippen molar-refractivity contribution in [3.8, 4) is 11.9 Å². The Morgan fingerprint density at radius 2 is 2.38 bits per heavy atom. The first-order chi connectivity index (χ1) is 7.81. The summed E-state index contributed by atoms with van der Waals surface area (Å²) in [4.78, 5) is 4.02. The fourth-order valence-electron chi connectivity index (χ4n) is 1.72. The summed E-state index contributed by atoms with van der Waals surface area (Å²) in [6, 6.07) is 3.59. The van der Waals surface area contributed by atoms with Gasteiger partial charge in [0.15, 0.2) is 0 Å². The molecule has 4 heteroatoms. The summed E-state index contributed by atoms with van der Waals surface area (Å²) in [5, 5.41) is 9.10. The van der Waals surface area contributed by atoms with Crippen molar-refractivity contribution < 1.29 is 4.74 Å². The molecule has 1 aromatic rings. The number of pyridine rings is 1. The molecular formula is C12H13ClN2O. The Kier molecular flexibility index (Phi) is 3.63. The van der Waals surface area contributed by atoms with Gasteiger partial charge < -0.3 is 4.74 Å². The van der Waals surface area contributed by atoms with Crippen LogP contribution in [0.1, 0.15) is 31.2 Å². The molecule has 0 saturated heterocycles. The van der Waals surface area contributed by atoms with Crippen LogP contribution in [0.5, 0.6) is 5.88 Å². The van der Waals surface area contributed by atoms with Crippen LogP contribution >= 0.6 is 11.6 Å². The Labute approximate surface area is 100 Å². The van der Waals surface area contributed by atoms with E-state index in [1.165, 1.54) is 19.3 Å². The maximum Gasteiger partial charge on any atom is 0.233 e. The molecule has 16 heavy (non-hydrogen) atoms. The lowest BCUT2D eigenvalue weighted by atomic mass is 9.83. The highest BCUT2D eigenvalue weighted by molar-refractivity contribution is 6.32. The van der Waals surface area contributed by atoms with E-state index in [0.29, 0.717) is 23.1 Å². The highest BCUT2D eigenvalue weighted by Crippen LogP contribution is 2.30. The number of ether oxygens (including phenoxy) is 1. The Morgan fingerprint density at radius 3 is 3.00 bits per heavy atom. The van der Waals surface area contributed by atoms with E-state index in [1.807, 2.05) is 6.07 Å². The monoisotopic (exact) mass is 236 g/mol. The summed E-state index contributed by atoms with van der Waals surface area (Å²) < 4.78 is 5.49. The number of aromatic nitrogens is 1. The van der Waals surface area contributed by atoms with E-state index in [4.69, 9.17) is 21.6 Å². The molecule has 1 aliphatic rings. The van der Waals surface area contributed by atoms with Gasteiger partial charge in [0, 0.05) is 6.20 Å². The number of hydrogen-bond acceptors (Lipinski definition) is 3. The third kappa shape index (κ3) is 2.45. The van der Waals surface area contributed by atoms with Gasteiger partial charge in [0.25, 0.3) is 0 Å². The van der Waals surface area contributed by atoms with E-state index in [1.54, 1.807) is 12.3 Å². The second-order valence-corrected chi connectivity index (χ2v) is 4.40. The first-order valence-electron chi connectivity index (χ1n) is 5.48. The summed E-state index contributed by atoms with van der Waals surface area (Å²) in [5.74, 6) is 1.18. The van der Waals surface area contributed by atoms with Crippen molar-refractivity contribution in [3.05, 3.63) is 22.8 Å². The lowest BCUT2D eigenvalue weighted by molar-refractivity contribution is 0.217. The van der Waals surface area contributed by atoms with Gasteiger partial charge in [-0.25, -0.2) is 4.98 Å². The summed E-state index contributed by atoms with van der Waals surface area (Å²) in [5.41, 5.74) is 0.412. The number of halogens is 1. The minimum Gasteiger partial charge on any atom is -0.477 e. The second-order valence-electron chi connectivity index (χ2n) is 4.02. The molecule has 1 saturated carbocycles. The summed E-state index contributed by atoms with van der Waals surface area (Å²) >= 11 is 5.96. The lowest BCUT2D eigenvalue weighted by Gasteiger charge is -2.24. The molecule has 2 rings (SSSR count). The average molecular weight is 237 g/mol. The van der Waals surface area contributed by atoms with Gasteiger partial charge >= 0.3 is 0 Å². The quantitative estimate of drug-likeness (QED) is 0.807. The fourth-order valence-corrected chi connectivity index (χ4v) is 1.92. The van der Waals surface area contributed by atoms with Crippen molar-refractivity contribution in [2.45, 2.75) is 25.7 Å². The molecule has 0 aliphatic heterocycles. The molecule has 0 amide bonds. The summed E-state index contributed by atoms with van der Waals surface area (Å²) in [7, 11) is 0. The van der Waals surface area contributed by atoms with Crippen LogP contribution in [-0.4, -0.2) is 11.6 Å². The third-order valence-electron chi connectivity index (χ3n) is 2.97. The van der Waals surface area contributed by atoms with Gasteiger partial charge in [-0.3, -0.25) is 0 Å². The molecule has 0 atom stereocenters. The normalized spacial score (nSPS) is 15.2. The van der Waals surface area contributed by atoms with Crippen molar-refractivity contribution in [3.63, 3.8) is 0 Å². The second kappa shape index (κ2) is 5.18. The Bertz CT molecular complexity index is 410. The molecule has 0 aromatic carbocycles. The molecule has 0 unspecified atom stereocenters. The van der Waals surface area contributed by atoms with E-state index < -0.39 is 0 Å². The minimum atomic E-state index is 0.318. The molecule has 0 bridgehead atoms. The van der Waals surface area contributed by atoms with E-state index in [0.717, 1.165) is 12.3 Å². The molecule has 1 fully saturated rings. The van der Waals surface area contributed by atoms with Crippen molar-refractivity contribution in [1.29, 1.82) is 5.26 Å². The largest absolute Gasteiger partial charge is 0.477 e. The highest BCUT2D eigenvalue weighted by atomic mass is 35.5. The standard InChI is InChI=1S/C12H13ClN2O/c13-11-10(8-14)4-6-15-12(11)16-7-5-9-2-1-3-9/h4,6,9H,1-3,5,7H2. The number of nitrogens with zero attached hydrogens (tertiary/aromatic N) is 2. The number of rotatable bonds is 4. The predicted octanol–water partition coefficient (Wildman–Crippen LogP) is 3.18. The van der Waals surface area contributed by atoms with Crippen LogP contribution in [0.2, 0.25) is 5.02 Å². The number of hydrogen-bond donors (Lipinski definition) is 0. The van der Waals surface area contributed by atoms with Crippen molar-refractivity contribution in [1.82, 2.24) is 4.98 Å². The van der Waals surface area contributed by atoms with Crippen LogP contribution in [0.25, 0.3) is 0 Å². The molecule has 84 valence electrons. The maximum atomic E-state index is 8.79. The fraction of sp³-hybridized carbons (Fsp3) is 0.500. The van der Waals surface area contributed by atoms with Gasteiger partial charge in [-0.2, -0.15) is 5.26 Å². The van der Waals surface area contributed by atoms with E-state index >= 15 is 0 Å². The van der Waals surface area contributed by atoms with Crippen LogP contribution in [-0.2, 0) is 0 Å². The average Bonchev–Trinajstić information content (AvgIpc) is 2.24. The van der Waals surface area contributed by atoms with Crippen molar-refractivity contribution in [2.24, 2.45) is 5.92 Å². The maximum absolute atomic E-state index is 8.79. The molecule has 0 N–H and O–H groups in total. The molecule has 0 radical (unpaired) electrons. The summed E-state index contributed by atoms with van der Waals surface area (Å²) in [6.07, 6.45) is 6.55. The molecule has 1 heterocycles. The van der Waals surface area contributed by atoms with Gasteiger partial charge in [-0.05, 0) is 18.4 Å². The van der Waals surface area contributed by atoms with Crippen LogP contribution in [0.3, 0.4) is 0 Å². The molecule has 1 aromatic heterocycles. The van der Waals surface area contributed by atoms with E-state index in [2.05, 4.69) is 4.98 Å². The van der Waals surface area contributed by atoms with Crippen LogP contribution in [0, 0.1) is 17.2 Å². The smallest absolute Gasteiger partial charge is 0.233 e. The predicted molar refractivity (Wildman–Crippen MR) is 61.4 cm³/mol. The molecule has 0 spiro atoms. The molecule has 1 aliphatic carbocycles. The third-order valence-corrected chi connectivity index (χ3v) is 3.33. The lowest BCUT2D eigenvalue weighted by Crippen LogP contribution is -2.14. The first kappa shape index (κ1) is 11.2. The van der Waals surface area contributed by atoms with Crippen molar-refractivity contribution >= 4 is 11.6 Å². The molecule has 3 nitrogen and oxygen atoms in total. The molecular weight excluding hydrogens is 224 g/mol. The van der Waals surface area contributed by atoms with Gasteiger partial charge in [-0.15, -0.1) is 0 Å². The van der Waals surface area contributed by atoms with Crippen LogP contribution < -0.4 is 4.74 Å². The summed E-state index contributed by atoms with van der Waals surface area (Å²) in [6.45, 7) is 0.631. The SMILES string of the molecule is N#Cc1ccnc(OCCC2CCC2)c1Cl. The Balaban J connectivity index is 1.90. The highest BCUT2D eigenvalue weighted by Gasteiger charge is 2.17. The van der Waals surface area contributed by atoms with Gasteiger partial charge in [0.2, 0.25) is 5.88 Å². The van der Waals surface area contributed by atoms with Gasteiger partial charge in [-0.1, -0.05) is 30.9 Å². The zero-order valence-electron chi connectivity index (χ0n) is 8.95. The van der Waals surface area contributed by atoms with Crippen LogP contribution in [0.4, 0.5) is 0 Å². The zero-order valence-corrected chi connectivity index (χ0v) is 9.70. The van der Waals surface area contributed by atoms with Gasteiger partial charge in [0.1, 0.15) is 11.1 Å². The Morgan fingerprint density at radius 1 is 1.56 bits per heavy atom. The zero-order chi connectivity index (χ0) is 11.4. The topological polar surface area (TPSA) is 45.9 Å². The van der Waals surface area contributed by atoms with E-state index in [9.17, 15) is 0 Å². The van der Waals surface area contributed by atoms with Crippen LogP contribution in [0.15, 0.2) is 12.3 Å².